The number of halogens is 2. The van der Waals surface area contributed by atoms with E-state index >= 15 is 0 Å². The van der Waals surface area contributed by atoms with Crippen molar-refractivity contribution in [3.63, 3.8) is 0 Å². The lowest BCUT2D eigenvalue weighted by Crippen LogP contribution is -2.36. The average molecular weight is 326 g/mol. The number of likely N-dealkylation sites (N-methyl/N-ethyl adjacent to an activating group) is 1. The Morgan fingerprint density at radius 3 is 2.81 bits per heavy atom. The fourth-order valence-electron chi connectivity index (χ4n) is 2.61. The lowest BCUT2D eigenvalue weighted by molar-refractivity contribution is -0.117. The van der Waals surface area contributed by atoms with Crippen molar-refractivity contribution in [3.8, 4) is 6.07 Å². The van der Waals surface area contributed by atoms with Crippen LogP contribution < -0.4 is 5.32 Å². The molecular formula is C15H17Cl2N3O. The fourth-order valence-corrected chi connectivity index (χ4v) is 2.90. The highest BCUT2D eigenvalue weighted by molar-refractivity contribution is 6.42. The quantitative estimate of drug-likeness (QED) is 0.920. The molecular weight excluding hydrogens is 309 g/mol. The number of nitrogens with one attached hydrogen (secondary N) is 1. The lowest BCUT2D eigenvalue weighted by atomic mass is 10.1. The van der Waals surface area contributed by atoms with Gasteiger partial charge < -0.3 is 5.32 Å². The Bertz CT molecular complexity index is 571. The standard InChI is InChI=1S/C15H17Cl2N3O/c1-20(12-4-2-10(6-12)8-18)9-15(21)19-11-3-5-13(16)14(17)7-11/h3,5,7,10,12H,2,4,6,9H2,1H3,(H,19,21)/t10-,12-/m1/s1. The SMILES string of the molecule is CN(CC(=O)Nc1ccc(Cl)c(Cl)c1)[C@@H]1CC[C@@H](C#N)C1. The van der Waals surface area contributed by atoms with Crippen LogP contribution in [0, 0.1) is 17.2 Å². The maximum Gasteiger partial charge on any atom is 0.238 e. The molecule has 0 aliphatic heterocycles. The number of amides is 1. The Labute approximate surface area is 134 Å². The molecule has 1 aliphatic rings. The summed E-state index contributed by atoms with van der Waals surface area (Å²) in [5.41, 5.74) is 0.629. The van der Waals surface area contributed by atoms with Crippen LogP contribution in [0.15, 0.2) is 18.2 Å². The summed E-state index contributed by atoms with van der Waals surface area (Å²) in [5, 5.41) is 12.6. The van der Waals surface area contributed by atoms with Gasteiger partial charge in [0.1, 0.15) is 0 Å². The smallest absolute Gasteiger partial charge is 0.238 e. The van der Waals surface area contributed by atoms with Gasteiger partial charge in [0.15, 0.2) is 0 Å². The van der Waals surface area contributed by atoms with Crippen molar-refractivity contribution in [2.24, 2.45) is 5.92 Å². The second-order valence-electron chi connectivity index (χ2n) is 5.39. The Morgan fingerprint density at radius 1 is 1.43 bits per heavy atom. The third kappa shape index (κ3) is 4.34. The first kappa shape index (κ1) is 16.1. The number of nitriles is 1. The maximum absolute atomic E-state index is 12.0. The number of anilines is 1. The van der Waals surface area contributed by atoms with Crippen LogP contribution in [0.4, 0.5) is 5.69 Å². The Hall–Kier alpha value is -1.28. The summed E-state index contributed by atoms with van der Waals surface area (Å²) in [6.45, 7) is 0.295. The van der Waals surface area contributed by atoms with Crippen molar-refractivity contribution in [2.45, 2.75) is 25.3 Å². The number of nitrogens with zero attached hydrogens (tertiary/aromatic N) is 2. The molecule has 112 valence electrons. The summed E-state index contributed by atoms with van der Waals surface area (Å²) < 4.78 is 0. The number of benzene rings is 1. The van der Waals surface area contributed by atoms with E-state index in [0.717, 1.165) is 19.3 Å². The molecule has 21 heavy (non-hydrogen) atoms. The third-order valence-electron chi connectivity index (χ3n) is 3.81. The molecule has 0 heterocycles. The highest BCUT2D eigenvalue weighted by atomic mass is 35.5. The van der Waals surface area contributed by atoms with Gasteiger partial charge in [-0.3, -0.25) is 9.69 Å². The highest BCUT2D eigenvalue weighted by Crippen LogP contribution is 2.28. The van der Waals surface area contributed by atoms with Crippen LogP contribution >= 0.6 is 23.2 Å². The molecule has 0 bridgehead atoms. The van der Waals surface area contributed by atoms with Crippen molar-refractivity contribution < 1.29 is 4.79 Å². The molecule has 6 heteroatoms. The van der Waals surface area contributed by atoms with Gasteiger partial charge in [-0.15, -0.1) is 0 Å². The minimum atomic E-state index is -0.101. The van der Waals surface area contributed by atoms with Crippen molar-refractivity contribution in [3.05, 3.63) is 28.2 Å². The number of carbonyl (C=O) groups is 1. The third-order valence-corrected chi connectivity index (χ3v) is 4.55. The topological polar surface area (TPSA) is 56.1 Å². The monoisotopic (exact) mass is 325 g/mol. The summed E-state index contributed by atoms with van der Waals surface area (Å²) in [4.78, 5) is 14.0. The number of carbonyl (C=O) groups excluding carboxylic acids is 1. The van der Waals surface area contributed by atoms with Crippen molar-refractivity contribution in [1.29, 1.82) is 5.26 Å². The van der Waals surface area contributed by atoms with Crippen molar-refractivity contribution >= 4 is 34.8 Å². The van der Waals surface area contributed by atoms with Gasteiger partial charge in [-0.2, -0.15) is 5.26 Å². The summed E-state index contributed by atoms with van der Waals surface area (Å²) in [5.74, 6) is 0.0203. The lowest BCUT2D eigenvalue weighted by Gasteiger charge is -2.23. The molecule has 4 nitrogen and oxygen atoms in total. The zero-order valence-corrected chi connectivity index (χ0v) is 13.3. The molecule has 0 aromatic heterocycles. The van der Waals surface area contributed by atoms with E-state index in [1.54, 1.807) is 18.2 Å². The minimum Gasteiger partial charge on any atom is -0.325 e. The van der Waals surface area contributed by atoms with Crippen LogP contribution in [-0.4, -0.2) is 30.4 Å². The van der Waals surface area contributed by atoms with Crippen molar-refractivity contribution in [2.75, 3.05) is 18.9 Å². The normalized spacial score (nSPS) is 21.3. The van der Waals surface area contributed by atoms with E-state index in [1.165, 1.54) is 0 Å². The number of hydrogen-bond acceptors (Lipinski definition) is 3. The van der Waals surface area contributed by atoms with E-state index in [4.69, 9.17) is 28.5 Å². The molecule has 0 radical (unpaired) electrons. The fraction of sp³-hybridized carbons (Fsp3) is 0.467. The number of rotatable bonds is 4. The van der Waals surface area contributed by atoms with Crippen molar-refractivity contribution in [1.82, 2.24) is 4.90 Å². The van der Waals surface area contributed by atoms with E-state index in [9.17, 15) is 4.79 Å². The summed E-state index contributed by atoms with van der Waals surface area (Å²) in [6, 6.07) is 7.59. The van der Waals surface area contributed by atoms with Gasteiger partial charge in [0.05, 0.1) is 22.7 Å². The van der Waals surface area contributed by atoms with E-state index in [-0.39, 0.29) is 11.8 Å². The molecule has 1 aromatic rings. The Kier molecular flexibility index (Phi) is 5.46. The number of hydrogen-bond donors (Lipinski definition) is 1. The van der Waals surface area contributed by atoms with Crippen LogP contribution in [0.3, 0.4) is 0 Å². The molecule has 1 amide bonds. The molecule has 1 N–H and O–H groups in total. The van der Waals surface area contributed by atoms with Gasteiger partial charge in [-0.25, -0.2) is 0 Å². The van der Waals surface area contributed by atoms with Crippen LogP contribution in [0.5, 0.6) is 0 Å². The highest BCUT2D eigenvalue weighted by Gasteiger charge is 2.28. The zero-order valence-electron chi connectivity index (χ0n) is 11.8. The first-order valence-electron chi connectivity index (χ1n) is 6.84. The Balaban J connectivity index is 1.87. The molecule has 1 fully saturated rings. The van der Waals surface area contributed by atoms with Gasteiger partial charge >= 0.3 is 0 Å². The van der Waals surface area contributed by atoms with Crippen LogP contribution in [-0.2, 0) is 4.79 Å². The second kappa shape index (κ2) is 7.13. The molecule has 2 atom stereocenters. The largest absolute Gasteiger partial charge is 0.325 e. The van der Waals surface area contributed by atoms with Gasteiger partial charge in [0.2, 0.25) is 5.91 Å². The first-order chi connectivity index (χ1) is 9.99. The summed E-state index contributed by atoms with van der Waals surface area (Å²) >= 11 is 11.8. The second-order valence-corrected chi connectivity index (χ2v) is 6.20. The molecule has 0 spiro atoms. The first-order valence-corrected chi connectivity index (χ1v) is 7.60. The molecule has 0 unspecified atom stereocenters. The van der Waals surface area contributed by atoms with E-state index in [1.807, 2.05) is 11.9 Å². The van der Waals surface area contributed by atoms with Gasteiger partial charge in [-0.1, -0.05) is 23.2 Å². The summed E-state index contributed by atoms with van der Waals surface area (Å²) in [7, 11) is 1.92. The average Bonchev–Trinajstić information content (AvgIpc) is 2.92. The van der Waals surface area contributed by atoms with Gasteiger partial charge in [0, 0.05) is 17.6 Å². The van der Waals surface area contributed by atoms with Crippen LogP contribution in [0.25, 0.3) is 0 Å². The molecule has 1 aromatic carbocycles. The van der Waals surface area contributed by atoms with Gasteiger partial charge in [-0.05, 0) is 44.5 Å². The van der Waals surface area contributed by atoms with Gasteiger partial charge in [0.25, 0.3) is 0 Å². The maximum atomic E-state index is 12.0. The van der Waals surface area contributed by atoms with Crippen LogP contribution in [0.2, 0.25) is 10.0 Å². The van der Waals surface area contributed by atoms with E-state index in [0.29, 0.717) is 28.3 Å². The molecule has 1 saturated carbocycles. The Morgan fingerprint density at radius 2 is 2.19 bits per heavy atom. The molecule has 2 rings (SSSR count). The molecule has 1 aliphatic carbocycles. The predicted molar refractivity (Wildman–Crippen MR) is 84.5 cm³/mol. The minimum absolute atomic E-state index is 0.101. The van der Waals surface area contributed by atoms with E-state index in [2.05, 4.69) is 11.4 Å². The molecule has 0 saturated heterocycles. The van der Waals surface area contributed by atoms with E-state index < -0.39 is 0 Å². The summed E-state index contributed by atoms with van der Waals surface area (Å²) in [6.07, 6.45) is 2.72. The van der Waals surface area contributed by atoms with Crippen LogP contribution in [0.1, 0.15) is 19.3 Å². The predicted octanol–water partition coefficient (Wildman–Crippen LogP) is 3.56. The zero-order chi connectivity index (χ0) is 15.4.